The summed E-state index contributed by atoms with van der Waals surface area (Å²) in [7, 11) is 0. The van der Waals surface area contributed by atoms with Crippen molar-refractivity contribution in [2.75, 3.05) is 23.5 Å². The van der Waals surface area contributed by atoms with E-state index in [1.54, 1.807) is 30.0 Å². The van der Waals surface area contributed by atoms with E-state index in [9.17, 15) is 27.6 Å². The fourth-order valence-corrected chi connectivity index (χ4v) is 5.65. The van der Waals surface area contributed by atoms with E-state index in [1.807, 2.05) is 0 Å². The number of alkyl halides is 3. The van der Waals surface area contributed by atoms with Gasteiger partial charge in [0.15, 0.2) is 0 Å². The minimum absolute atomic E-state index is 0.108. The number of thioether (sulfide) groups is 1. The Bertz CT molecular complexity index is 1180. The van der Waals surface area contributed by atoms with Crippen LogP contribution in [0.5, 0.6) is 0 Å². The average molecular weight is 505 g/mol. The number of benzene rings is 2. The molecule has 0 unspecified atom stereocenters. The number of anilines is 1. The normalized spacial score (nSPS) is 24.3. The average Bonchev–Trinajstić information content (AvgIpc) is 3.36. The molecule has 7 nitrogen and oxygen atoms in total. The van der Waals surface area contributed by atoms with Crippen LogP contribution >= 0.6 is 11.8 Å². The molecular weight excluding hydrogens is 481 g/mol. The minimum Gasteiger partial charge on any atom is -0.352 e. The summed E-state index contributed by atoms with van der Waals surface area (Å²) in [6.07, 6.45) is -3.69. The Morgan fingerprint density at radius 3 is 2.66 bits per heavy atom. The summed E-state index contributed by atoms with van der Waals surface area (Å²) in [6, 6.07) is 8.29. The van der Waals surface area contributed by atoms with Crippen LogP contribution in [-0.2, 0) is 15.8 Å². The summed E-state index contributed by atoms with van der Waals surface area (Å²) in [5, 5.41) is 8.89. The van der Waals surface area contributed by atoms with Crippen LogP contribution in [0.3, 0.4) is 0 Å². The van der Waals surface area contributed by atoms with Gasteiger partial charge in [-0.3, -0.25) is 19.7 Å². The van der Waals surface area contributed by atoms with Crippen molar-refractivity contribution in [1.82, 2.24) is 15.5 Å². The number of carbonyl (C=O) groups excluding carboxylic acids is 3. The predicted molar refractivity (Wildman–Crippen MR) is 126 cm³/mol. The fraction of sp³-hybridized carbons (Fsp3) is 0.375. The maximum absolute atomic E-state index is 13.4. The van der Waals surface area contributed by atoms with Gasteiger partial charge in [-0.05, 0) is 48.2 Å². The second kappa shape index (κ2) is 9.19. The molecule has 11 heteroatoms. The first-order chi connectivity index (χ1) is 16.7. The molecule has 3 N–H and O–H groups in total. The van der Waals surface area contributed by atoms with Gasteiger partial charge in [0.1, 0.15) is 6.04 Å². The number of amides is 3. The van der Waals surface area contributed by atoms with Gasteiger partial charge >= 0.3 is 6.18 Å². The van der Waals surface area contributed by atoms with Crippen molar-refractivity contribution >= 4 is 35.2 Å². The molecule has 0 aromatic heterocycles. The highest BCUT2D eigenvalue weighted by Crippen LogP contribution is 2.35. The van der Waals surface area contributed by atoms with E-state index in [-0.39, 0.29) is 48.3 Å². The number of rotatable bonds is 3. The molecular formula is C24H23F3N4O3S. The zero-order chi connectivity index (χ0) is 24.7. The molecule has 0 radical (unpaired) electrons. The smallest absolute Gasteiger partial charge is 0.352 e. The number of fused-ring (bicyclic) bond motifs is 2. The summed E-state index contributed by atoms with van der Waals surface area (Å²) >= 11 is 1.64. The first-order valence-corrected chi connectivity index (χ1v) is 12.4. The van der Waals surface area contributed by atoms with Crippen LogP contribution in [0.1, 0.15) is 28.8 Å². The van der Waals surface area contributed by atoms with Crippen LogP contribution in [0.2, 0.25) is 0 Å². The predicted octanol–water partition coefficient (Wildman–Crippen LogP) is 3.08. The maximum atomic E-state index is 13.4. The lowest BCUT2D eigenvalue weighted by Gasteiger charge is -2.37. The SMILES string of the molecule is O=C(N[C@H]1CCN2C(=O)c3cc(-c4cccc(C(F)(F)F)c4)ccc3NC(=O)[C@@H]2C1)[C@H]1CSCN1. The molecule has 2 aromatic rings. The van der Waals surface area contributed by atoms with Crippen molar-refractivity contribution in [3.63, 3.8) is 0 Å². The van der Waals surface area contributed by atoms with E-state index in [0.29, 0.717) is 29.0 Å². The third kappa shape index (κ3) is 4.74. The van der Waals surface area contributed by atoms with Crippen LogP contribution in [0, 0.1) is 0 Å². The Morgan fingerprint density at radius 1 is 1.11 bits per heavy atom. The minimum atomic E-state index is -4.48. The number of nitrogens with one attached hydrogen (secondary N) is 3. The van der Waals surface area contributed by atoms with Gasteiger partial charge in [-0.15, -0.1) is 11.8 Å². The molecule has 35 heavy (non-hydrogen) atoms. The Hall–Kier alpha value is -3.05. The third-order valence-corrected chi connectivity index (χ3v) is 7.52. The zero-order valence-corrected chi connectivity index (χ0v) is 19.3. The molecule has 3 aliphatic heterocycles. The number of nitrogens with zero attached hydrogens (tertiary/aromatic N) is 1. The number of halogens is 3. The van der Waals surface area contributed by atoms with Crippen molar-refractivity contribution in [2.45, 2.75) is 37.1 Å². The van der Waals surface area contributed by atoms with Crippen LogP contribution in [0.15, 0.2) is 42.5 Å². The van der Waals surface area contributed by atoms with Gasteiger partial charge in [0.2, 0.25) is 11.8 Å². The molecule has 0 bridgehead atoms. The van der Waals surface area contributed by atoms with Crippen molar-refractivity contribution in [3.05, 3.63) is 53.6 Å². The molecule has 0 spiro atoms. The lowest BCUT2D eigenvalue weighted by atomic mass is 9.95. The highest BCUT2D eigenvalue weighted by molar-refractivity contribution is 7.99. The van der Waals surface area contributed by atoms with Crippen LogP contribution in [0.25, 0.3) is 11.1 Å². The molecule has 184 valence electrons. The maximum Gasteiger partial charge on any atom is 0.416 e. The van der Waals surface area contributed by atoms with Crippen molar-refractivity contribution in [3.8, 4) is 11.1 Å². The monoisotopic (exact) mass is 504 g/mol. The fourth-order valence-electron chi connectivity index (χ4n) is 4.71. The van der Waals surface area contributed by atoms with Crippen LogP contribution in [-0.4, -0.2) is 58.9 Å². The van der Waals surface area contributed by atoms with Crippen molar-refractivity contribution < 1.29 is 27.6 Å². The summed E-state index contributed by atoms with van der Waals surface area (Å²) in [6.45, 7) is 0.280. The van der Waals surface area contributed by atoms with E-state index in [4.69, 9.17) is 0 Å². The molecule has 5 rings (SSSR count). The molecule has 3 aliphatic rings. The molecule has 0 saturated carbocycles. The van der Waals surface area contributed by atoms with E-state index >= 15 is 0 Å². The number of hydrogen-bond donors (Lipinski definition) is 3. The van der Waals surface area contributed by atoms with Crippen LogP contribution in [0.4, 0.5) is 18.9 Å². The summed E-state index contributed by atoms with van der Waals surface area (Å²) < 4.78 is 39.5. The van der Waals surface area contributed by atoms with E-state index < -0.39 is 17.8 Å². The molecule has 2 fully saturated rings. The van der Waals surface area contributed by atoms with Crippen molar-refractivity contribution in [1.29, 1.82) is 0 Å². The molecule has 2 aromatic carbocycles. The second-order valence-electron chi connectivity index (χ2n) is 8.84. The van der Waals surface area contributed by atoms with Gasteiger partial charge in [-0.2, -0.15) is 13.2 Å². The quantitative estimate of drug-likeness (QED) is 0.598. The summed E-state index contributed by atoms with van der Waals surface area (Å²) in [5.74, 6) is 0.587. The first kappa shape index (κ1) is 23.7. The Labute approximate surface area is 203 Å². The van der Waals surface area contributed by atoms with E-state index in [1.165, 1.54) is 17.0 Å². The summed E-state index contributed by atoms with van der Waals surface area (Å²) in [4.78, 5) is 40.4. The largest absolute Gasteiger partial charge is 0.416 e. The lowest BCUT2D eigenvalue weighted by molar-refractivity contribution is -0.137. The van der Waals surface area contributed by atoms with Gasteiger partial charge in [0, 0.05) is 24.2 Å². The molecule has 3 amide bonds. The van der Waals surface area contributed by atoms with E-state index in [0.717, 1.165) is 18.0 Å². The molecule has 3 atom stereocenters. The standard InChI is InChI=1S/C24H23F3N4O3S/c25-24(26,27)15-3-1-2-13(8-15)14-4-5-18-17(9-14)23(34)31-7-6-16(10-20(31)22(33)30-18)29-21(32)19-11-35-12-28-19/h1-5,8-9,16,19-20,28H,6-7,10-12H2,(H,29,32)(H,30,33)/t16-,19+,20-/m0/s1. The molecule has 0 aliphatic carbocycles. The van der Waals surface area contributed by atoms with Gasteiger partial charge in [0.25, 0.3) is 5.91 Å². The number of carbonyl (C=O) groups is 3. The first-order valence-electron chi connectivity index (χ1n) is 11.3. The van der Waals surface area contributed by atoms with E-state index in [2.05, 4.69) is 16.0 Å². The van der Waals surface area contributed by atoms with Gasteiger partial charge < -0.3 is 15.5 Å². The third-order valence-electron chi connectivity index (χ3n) is 6.58. The van der Waals surface area contributed by atoms with Gasteiger partial charge in [-0.25, -0.2) is 0 Å². The van der Waals surface area contributed by atoms with Crippen LogP contribution < -0.4 is 16.0 Å². The zero-order valence-electron chi connectivity index (χ0n) is 18.5. The highest BCUT2D eigenvalue weighted by atomic mass is 32.2. The molecule has 3 heterocycles. The number of piperidine rings is 1. The van der Waals surface area contributed by atoms with Gasteiger partial charge in [0.05, 0.1) is 22.9 Å². The topological polar surface area (TPSA) is 90.5 Å². The Kier molecular flexibility index (Phi) is 6.22. The lowest BCUT2D eigenvalue weighted by Crippen LogP contribution is -2.56. The van der Waals surface area contributed by atoms with Gasteiger partial charge in [-0.1, -0.05) is 18.2 Å². The second-order valence-corrected chi connectivity index (χ2v) is 9.87. The number of hydrogen-bond acceptors (Lipinski definition) is 5. The molecule has 2 saturated heterocycles. The Balaban J connectivity index is 1.37. The Morgan fingerprint density at radius 2 is 1.91 bits per heavy atom. The van der Waals surface area contributed by atoms with Crippen molar-refractivity contribution in [2.24, 2.45) is 0 Å². The highest BCUT2D eigenvalue weighted by Gasteiger charge is 2.41. The summed E-state index contributed by atoms with van der Waals surface area (Å²) in [5.41, 5.74) is 0.533.